The molecule has 1 amide bonds. The van der Waals surface area contributed by atoms with Crippen LogP contribution in [0.3, 0.4) is 0 Å². The van der Waals surface area contributed by atoms with E-state index in [1.54, 1.807) is 38.0 Å². The summed E-state index contributed by atoms with van der Waals surface area (Å²) in [5.74, 6) is 0.997. The summed E-state index contributed by atoms with van der Waals surface area (Å²) in [7, 11) is 3.16. The first-order valence-electron chi connectivity index (χ1n) is 8.62. The van der Waals surface area contributed by atoms with Crippen molar-refractivity contribution in [2.75, 3.05) is 14.2 Å². The Bertz CT molecular complexity index is 1020. The van der Waals surface area contributed by atoms with E-state index in [9.17, 15) is 4.79 Å². The second-order valence-electron chi connectivity index (χ2n) is 6.23. The molecule has 2 aromatic carbocycles. The molecule has 0 fully saturated rings. The molecule has 0 radical (unpaired) electrons. The van der Waals surface area contributed by atoms with Crippen LogP contribution >= 0.6 is 11.6 Å². The normalized spacial score (nSPS) is 10.6. The van der Waals surface area contributed by atoms with Gasteiger partial charge in [0.15, 0.2) is 5.69 Å². The van der Waals surface area contributed by atoms with Crippen LogP contribution in [0.5, 0.6) is 11.5 Å². The average molecular weight is 401 g/mol. The molecule has 0 saturated carbocycles. The molecule has 0 bridgehead atoms. The maximum absolute atomic E-state index is 12.6. The number of carbonyl (C=O) groups is 1. The molecule has 0 unspecified atom stereocenters. The minimum absolute atomic E-state index is 0.254. The highest BCUT2D eigenvalue weighted by molar-refractivity contribution is 6.31. The summed E-state index contributed by atoms with van der Waals surface area (Å²) in [6.45, 7) is 4.00. The van der Waals surface area contributed by atoms with Gasteiger partial charge in [-0.25, -0.2) is 4.68 Å². The zero-order valence-corrected chi connectivity index (χ0v) is 16.9. The van der Waals surface area contributed by atoms with Crippen LogP contribution in [0, 0.1) is 13.8 Å². The number of ether oxygens (including phenoxy) is 2. The average Bonchev–Trinajstić information content (AvgIpc) is 3.09. The number of nitrogens with zero attached hydrogens (tertiary/aromatic N) is 3. The summed E-state index contributed by atoms with van der Waals surface area (Å²) in [6, 6.07) is 11.0. The van der Waals surface area contributed by atoms with E-state index in [1.807, 2.05) is 31.2 Å². The van der Waals surface area contributed by atoms with Gasteiger partial charge in [-0.05, 0) is 43.7 Å². The fourth-order valence-electron chi connectivity index (χ4n) is 2.75. The van der Waals surface area contributed by atoms with Crippen molar-refractivity contribution in [1.29, 1.82) is 0 Å². The van der Waals surface area contributed by atoms with E-state index in [2.05, 4.69) is 15.6 Å². The van der Waals surface area contributed by atoms with Crippen LogP contribution in [0.2, 0.25) is 5.02 Å². The van der Waals surface area contributed by atoms with E-state index in [1.165, 1.54) is 0 Å². The van der Waals surface area contributed by atoms with Gasteiger partial charge in [-0.2, -0.15) is 0 Å². The Morgan fingerprint density at radius 1 is 1.14 bits per heavy atom. The van der Waals surface area contributed by atoms with E-state index in [0.29, 0.717) is 22.2 Å². The summed E-state index contributed by atoms with van der Waals surface area (Å²) in [6.07, 6.45) is 0. The van der Waals surface area contributed by atoms with Gasteiger partial charge < -0.3 is 14.8 Å². The molecule has 0 aliphatic carbocycles. The monoisotopic (exact) mass is 400 g/mol. The number of aryl methyl sites for hydroxylation is 1. The molecule has 1 aromatic heterocycles. The van der Waals surface area contributed by atoms with Crippen molar-refractivity contribution in [2.24, 2.45) is 0 Å². The number of benzene rings is 2. The van der Waals surface area contributed by atoms with Gasteiger partial charge in [-0.3, -0.25) is 4.79 Å². The zero-order chi connectivity index (χ0) is 20.3. The number of amides is 1. The first kappa shape index (κ1) is 19.7. The number of hydrogen-bond donors (Lipinski definition) is 1. The molecule has 0 spiro atoms. The van der Waals surface area contributed by atoms with Crippen LogP contribution in [0.4, 0.5) is 0 Å². The summed E-state index contributed by atoms with van der Waals surface area (Å²) in [4.78, 5) is 12.6. The van der Waals surface area contributed by atoms with Crippen molar-refractivity contribution < 1.29 is 14.3 Å². The van der Waals surface area contributed by atoms with Gasteiger partial charge in [0, 0.05) is 23.2 Å². The third-order valence-corrected chi connectivity index (χ3v) is 4.85. The molecule has 1 N–H and O–H groups in total. The summed E-state index contributed by atoms with van der Waals surface area (Å²) in [5, 5.41) is 11.6. The Hall–Kier alpha value is -3.06. The fraction of sp³-hybridized carbons (Fsp3) is 0.250. The number of hydrogen-bond acceptors (Lipinski definition) is 5. The van der Waals surface area contributed by atoms with E-state index in [0.717, 1.165) is 16.8 Å². The van der Waals surface area contributed by atoms with Crippen LogP contribution in [0.1, 0.15) is 27.3 Å². The third kappa shape index (κ3) is 3.94. The van der Waals surface area contributed by atoms with Gasteiger partial charge >= 0.3 is 0 Å². The highest BCUT2D eigenvalue weighted by atomic mass is 35.5. The second kappa shape index (κ2) is 8.31. The zero-order valence-electron chi connectivity index (χ0n) is 16.1. The lowest BCUT2D eigenvalue weighted by Gasteiger charge is -2.11. The highest BCUT2D eigenvalue weighted by Gasteiger charge is 2.18. The molecular formula is C20H21ClN4O3. The molecule has 0 aliphatic rings. The van der Waals surface area contributed by atoms with E-state index >= 15 is 0 Å². The second-order valence-corrected chi connectivity index (χ2v) is 6.64. The Balaban J connectivity index is 1.77. The van der Waals surface area contributed by atoms with Gasteiger partial charge in [-0.15, -0.1) is 5.10 Å². The molecule has 28 heavy (non-hydrogen) atoms. The number of halogens is 1. The number of nitrogens with one attached hydrogen (secondary N) is 1. The topological polar surface area (TPSA) is 78.3 Å². The van der Waals surface area contributed by atoms with Gasteiger partial charge in [-0.1, -0.05) is 22.9 Å². The minimum Gasteiger partial charge on any atom is -0.497 e. The van der Waals surface area contributed by atoms with E-state index < -0.39 is 0 Å². The number of aromatic nitrogens is 3. The quantitative estimate of drug-likeness (QED) is 0.685. The van der Waals surface area contributed by atoms with Crippen molar-refractivity contribution in [1.82, 2.24) is 20.3 Å². The molecule has 3 aromatic rings. The number of carbonyl (C=O) groups excluding carboxylic acids is 1. The van der Waals surface area contributed by atoms with Gasteiger partial charge in [0.05, 0.1) is 25.6 Å². The van der Waals surface area contributed by atoms with E-state index in [-0.39, 0.29) is 18.1 Å². The summed E-state index contributed by atoms with van der Waals surface area (Å²) in [5.41, 5.74) is 3.42. The fourth-order valence-corrected chi connectivity index (χ4v) is 2.93. The lowest BCUT2D eigenvalue weighted by atomic mass is 10.2. The predicted molar refractivity (Wildman–Crippen MR) is 107 cm³/mol. The molecule has 1 heterocycles. The minimum atomic E-state index is -0.320. The predicted octanol–water partition coefficient (Wildman–Crippen LogP) is 3.48. The van der Waals surface area contributed by atoms with Crippen LogP contribution < -0.4 is 14.8 Å². The summed E-state index contributed by atoms with van der Waals surface area (Å²) >= 11 is 6.19. The Morgan fingerprint density at radius 2 is 1.93 bits per heavy atom. The van der Waals surface area contributed by atoms with Crippen molar-refractivity contribution in [3.05, 3.63) is 63.9 Å². The number of methoxy groups -OCH3 is 2. The maximum atomic E-state index is 12.6. The Morgan fingerprint density at radius 3 is 2.61 bits per heavy atom. The third-order valence-electron chi connectivity index (χ3n) is 4.44. The highest BCUT2D eigenvalue weighted by Crippen LogP contribution is 2.24. The summed E-state index contributed by atoms with van der Waals surface area (Å²) < 4.78 is 12.1. The van der Waals surface area contributed by atoms with Crippen molar-refractivity contribution in [3.63, 3.8) is 0 Å². The molecule has 8 heteroatoms. The van der Waals surface area contributed by atoms with Crippen molar-refractivity contribution >= 4 is 17.5 Å². The lowest BCUT2D eigenvalue weighted by molar-refractivity contribution is 0.0945. The van der Waals surface area contributed by atoms with Crippen molar-refractivity contribution in [2.45, 2.75) is 20.4 Å². The van der Waals surface area contributed by atoms with Crippen LogP contribution in [0.25, 0.3) is 5.69 Å². The smallest absolute Gasteiger partial charge is 0.274 e. The first-order valence-corrected chi connectivity index (χ1v) is 9.00. The molecule has 0 saturated heterocycles. The van der Waals surface area contributed by atoms with E-state index in [4.69, 9.17) is 21.1 Å². The standard InChI is InChI=1S/C20H21ClN4O3/c1-12-5-7-15(9-17(12)21)25-13(2)19(23-24-25)20(26)22-11-14-6-8-16(27-3)10-18(14)28-4/h5-10H,11H2,1-4H3,(H,22,26). The maximum Gasteiger partial charge on any atom is 0.274 e. The SMILES string of the molecule is COc1ccc(CNC(=O)c2nnn(-c3ccc(C)c(Cl)c3)c2C)c(OC)c1. The molecule has 146 valence electrons. The first-order chi connectivity index (χ1) is 13.4. The van der Waals surface area contributed by atoms with Gasteiger partial charge in [0.2, 0.25) is 0 Å². The van der Waals surface area contributed by atoms with Gasteiger partial charge in [0.1, 0.15) is 11.5 Å². The lowest BCUT2D eigenvalue weighted by Crippen LogP contribution is -2.24. The van der Waals surface area contributed by atoms with Crippen LogP contribution in [0.15, 0.2) is 36.4 Å². The van der Waals surface area contributed by atoms with Crippen LogP contribution in [-0.2, 0) is 6.54 Å². The molecular weight excluding hydrogens is 380 g/mol. The Kier molecular flexibility index (Phi) is 5.84. The van der Waals surface area contributed by atoms with Gasteiger partial charge in [0.25, 0.3) is 5.91 Å². The molecule has 0 aliphatic heterocycles. The largest absolute Gasteiger partial charge is 0.497 e. The Labute approximate surface area is 168 Å². The number of rotatable bonds is 6. The molecule has 7 nitrogen and oxygen atoms in total. The molecule has 3 rings (SSSR count). The van der Waals surface area contributed by atoms with Crippen molar-refractivity contribution in [3.8, 4) is 17.2 Å². The van der Waals surface area contributed by atoms with Crippen LogP contribution in [-0.4, -0.2) is 35.1 Å². The molecule has 0 atom stereocenters.